The number of rotatable bonds is 9. The van der Waals surface area contributed by atoms with Crippen molar-refractivity contribution in [2.75, 3.05) is 6.61 Å². The average molecular weight is 463 g/mol. The van der Waals surface area contributed by atoms with Crippen LogP contribution in [0.1, 0.15) is 101 Å². The summed E-state index contributed by atoms with van der Waals surface area (Å²) in [5, 5.41) is 10.2. The molecule has 0 saturated carbocycles. The predicted octanol–water partition coefficient (Wildman–Crippen LogP) is 8.50. The van der Waals surface area contributed by atoms with Crippen LogP contribution in [0.2, 0.25) is 0 Å². The molecule has 0 radical (unpaired) electrons. The Hall–Kier alpha value is -2.75. The van der Waals surface area contributed by atoms with Crippen molar-refractivity contribution in [1.82, 2.24) is 0 Å². The van der Waals surface area contributed by atoms with Crippen LogP contribution in [0, 0.1) is 0 Å². The Balaban J connectivity index is 1.76. The molecular weight excluding hydrogens is 424 g/mol. The number of unbranched alkanes of at least 4 members (excludes halogenated alkanes) is 4. The highest BCUT2D eigenvalue weighted by molar-refractivity contribution is 5.94. The fourth-order valence-electron chi connectivity index (χ4n) is 5.10. The molecule has 1 heterocycles. The number of carbonyl (C=O) groups is 1. The van der Waals surface area contributed by atoms with Crippen molar-refractivity contribution in [1.29, 1.82) is 0 Å². The molecular formula is C30H38O4. The molecule has 0 atom stereocenters. The summed E-state index contributed by atoms with van der Waals surface area (Å²) in [7, 11) is 0. The van der Waals surface area contributed by atoms with E-state index in [1.54, 1.807) is 18.2 Å². The number of carboxylic acids is 1. The number of hydrogen-bond acceptors (Lipinski definition) is 3. The highest BCUT2D eigenvalue weighted by atomic mass is 16.5. The van der Waals surface area contributed by atoms with Gasteiger partial charge in [0.2, 0.25) is 0 Å². The smallest absolute Gasteiger partial charge is 0.335 e. The Bertz CT molecular complexity index is 1180. The Morgan fingerprint density at radius 2 is 1.62 bits per heavy atom. The second-order valence-corrected chi connectivity index (χ2v) is 11.1. The van der Waals surface area contributed by atoms with E-state index in [9.17, 15) is 9.90 Å². The standard InChI is InChI=1S/C30H38O4/c1-6-7-8-9-10-15-33-26-19-24-23(29(2,3)13-14-30(24,4)5)18-22(26)27-17-21-16-20(28(31)32)11-12-25(21)34-27/h11-12,16-19H,6-10,13-15H2,1-5H3,(H,31,32). The maximum Gasteiger partial charge on any atom is 0.335 e. The summed E-state index contributed by atoms with van der Waals surface area (Å²) in [5.41, 5.74) is 4.76. The van der Waals surface area contributed by atoms with Gasteiger partial charge in [0.05, 0.1) is 17.7 Å². The number of furan rings is 1. The van der Waals surface area contributed by atoms with E-state index >= 15 is 0 Å². The minimum Gasteiger partial charge on any atom is -0.493 e. The van der Waals surface area contributed by atoms with Gasteiger partial charge in [0.25, 0.3) is 0 Å². The maximum absolute atomic E-state index is 11.4. The summed E-state index contributed by atoms with van der Waals surface area (Å²) in [6.45, 7) is 12.2. The second-order valence-electron chi connectivity index (χ2n) is 11.1. The molecule has 182 valence electrons. The van der Waals surface area contributed by atoms with Gasteiger partial charge in [0.1, 0.15) is 17.1 Å². The summed E-state index contributed by atoms with van der Waals surface area (Å²) < 4.78 is 12.6. The average Bonchev–Trinajstić information content (AvgIpc) is 3.22. The van der Waals surface area contributed by atoms with Gasteiger partial charge in [-0.2, -0.15) is 0 Å². The first-order valence-corrected chi connectivity index (χ1v) is 12.7. The zero-order valence-electron chi connectivity index (χ0n) is 21.3. The Morgan fingerprint density at radius 3 is 2.29 bits per heavy atom. The molecule has 0 saturated heterocycles. The summed E-state index contributed by atoms with van der Waals surface area (Å²) in [6, 6.07) is 11.4. The first-order valence-electron chi connectivity index (χ1n) is 12.7. The van der Waals surface area contributed by atoms with Crippen molar-refractivity contribution in [3.8, 4) is 17.1 Å². The molecule has 0 fully saturated rings. The van der Waals surface area contributed by atoms with E-state index in [0.29, 0.717) is 12.2 Å². The number of benzene rings is 2. The molecule has 1 aliphatic carbocycles. The lowest BCUT2D eigenvalue weighted by Crippen LogP contribution is -2.33. The molecule has 1 aromatic heterocycles. The molecule has 0 bridgehead atoms. The fourth-order valence-corrected chi connectivity index (χ4v) is 5.10. The minimum absolute atomic E-state index is 0.0702. The number of ether oxygens (including phenoxy) is 1. The summed E-state index contributed by atoms with van der Waals surface area (Å²) in [6.07, 6.45) is 8.23. The van der Waals surface area contributed by atoms with Crippen LogP contribution in [0.3, 0.4) is 0 Å². The lowest BCUT2D eigenvalue weighted by molar-refractivity contribution is 0.0697. The topological polar surface area (TPSA) is 59.7 Å². The van der Waals surface area contributed by atoms with Gasteiger partial charge in [-0.1, -0.05) is 60.3 Å². The van der Waals surface area contributed by atoms with E-state index in [2.05, 4.69) is 46.8 Å². The van der Waals surface area contributed by atoms with Crippen molar-refractivity contribution in [3.05, 3.63) is 53.1 Å². The van der Waals surface area contributed by atoms with Crippen LogP contribution in [-0.2, 0) is 10.8 Å². The molecule has 1 N–H and O–H groups in total. The number of aromatic carboxylic acids is 1. The van der Waals surface area contributed by atoms with Crippen LogP contribution >= 0.6 is 0 Å². The zero-order valence-corrected chi connectivity index (χ0v) is 21.3. The molecule has 0 unspecified atom stereocenters. The Kier molecular flexibility index (Phi) is 6.80. The molecule has 3 aromatic rings. The first kappa shape index (κ1) is 24.4. The van der Waals surface area contributed by atoms with Crippen molar-refractivity contribution < 1.29 is 19.1 Å². The van der Waals surface area contributed by atoms with Crippen LogP contribution in [0.15, 0.2) is 40.8 Å². The SMILES string of the molecule is CCCCCCCOc1cc2c(cc1-c1cc3cc(C(=O)O)ccc3o1)C(C)(C)CCC2(C)C. The fraction of sp³-hybridized carbons (Fsp3) is 0.500. The van der Waals surface area contributed by atoms with Crippen molar-refractivity contribution in [2.24, 2.45) is 0 Å². The largest absolute Gasteiger partial charge is 0.493 e. The van der Waals surface area contributed by atoms with Crippen LogP contribution in [0.4, 0.5) is 0 Å². The van der Waals surface area contributed by atoms with Gasteiger partial charge in [-0.05, 0) is 77.6 Å². The molecule has 0 aliphatic heterocycles. The van der Waals surface area contributed by atoms with Gasteiger partial charge in [-0.15, -0.1) is 0 Å². The monoisotopic (exact) mass is 462 g/mol. The van der Waals surface area contributed by atoms with Gasteiger partial charge < -0.3 is 14.3 Å². The van der Waals surface area contributed by atoms with Gasteiger partial charge in [0.15, 0.2) is 0 Å². The van der Waals surface area contributed by atoms with Crippen LogP contribution < -0.4 is 4.74 Å². The third-order valence-electron chi connectivity index (χ3n) is 7.49. The first-order chi connectivity index (χ1) is 16.1. The van der Waals surface area contributed by atoms with E-state index < -0.39 is 5.97 Å². The Labute approximate surface area is 203 Å². The normalized spacial score (nSPS) is 16.4. The molecule has 4 rings (SSSR count). The molecule has 1 aliphatic rings. The summed E-state index contributed by atoms with van der Waals surface area (Å²) in [4.78, 5) is 11.4. The van der Waals surface area contributed by atoms with Gasteiger partial charge in [0, 0.05) is 5.39 Å². The third kappa shape index (κ3) is 4.87. The van der Waals surface area contributed by atoms with E-state index in [-0.39, 0.29) is 16.4 Å². The minimum atomic E-state index is -0.936. The van der Waals surface area contributed by atoms with Gasteiger partial charge in [-0.25, -0.2) is 4.79 Å². The van der Waals surface area contributed by atoms with E-state index in [1.165, 1.54) is 36.8 Å². The maximum atomic E-state index is 11.4. The molecule has 0 amide bonds. The van der Waals surface area contributed by atoms with Gasteiger partial charge >= 0.3 is 5.97 Å². The molecule has 0 spiro atoms. The zero-order chi connectivity index (χ0) is 24.5. The number of fused-ring (bicyclic) bond motifs is 2. The highest BCUT2D eigenvalue weighted by Crippen LogP contribution is 2.49. The second kappa shape index (κ2) is 9.48. The van der Waals surface area contributed by atoms with E-state index in [4.69, 9.17) is 9.15 Å². The van der Waals surface area contributed by atoms with E-state index in [1.807, 2.05) is 6.07 Å². The predicted molar refractivity (Wildman–Crippen MR) is 138 cm³/mol. The number of carboxylic acid groups (broad SMARTS) is 1. The van der Waals surface area contributed by atoms with E-state index in [0.717, 1.165) is 41.7 Å². The molecule has 4 heteroatoms. The van der Waals surface area contributed by atoms with Crippen molar-refractivity contribution >= 4 is 16.9 Å². The lowest BCUT2D eigenvalue weighted by atomic mass is 9.63. The van der Waals surface area contributed by atoms with Crippen molar-refractivity contribution in [3.63, 3.8) is 0 Å². The Morgan fingerprint density at radius 1 is 0.941 bits per heavy atom. The lowest BCUT2D eigenvalue weighted by Gasteiger charge is -2.42. The molecule has 4 nitrogen and oxygen atoms in total. The number of hydrogen-bond donors (Lipinski definition) is 1. The summed E-state index contributed by atoms with van der Waals surface area (Å²) >= 11 is 0. The van der Waals surface area contributed by atoms with Crippen molar-refractivity contribution in [2.45, 2.75) is 90.4 Å². The molecule has 34 heavy (non-hydrogen) atoms. The van der Waals surface area contributed by atoms with Crippen LogP contribution in [0.5, 0.6) is 5.75 Å². The van der Waals surface area contributed by atoms with Crippen LogP contribution in [-0.4, -0.2) is 17.7 Å². The highest BCUT2D eigenvalue weighted by Gasteiger charge is 2.38. The van der Waals surface area contributed by atoms with Crippen LogP contribution in [0.25, 0.3) is 22.3 Å². The summed E-state index contributed by atoms with van der Waals surface area (Å²) in [5.74, 6) is 0.646. The van der Waals surface area contributed by atoms with Gasteiger partial charge in [-0.3, -0.25) is 0 Å². The third-order valence-corrected chi connectivity index (χ3v) is 7.49. The quantitative estimate of drug-likeness (QED) is 0.324. The molecule has 2 aromatic carbocycles.